The first-order chi connectivity index (χ1) is 10.2. The lowest BCUT2D eigenvalue weighted by Crippen LogP contribution is -2.16. The number of allylic oxidation sites excluding steroid dienone is 2. The Bertz CT molecular complexity index is 437. The van der Waals surface area contributed by atoms with E-state index < -0.39 is 10.1 Å². The molecule has 0 aromatic rings. The second-order valence-electron chi connectivity index (χ2n) is 6.86. The lowest BCUT2D eigenvalue weighted by molar-refractivity contribution is 0.228. The van der Waals surface area contributed by atoms with Gasteiger partial charge in [-0.25, -0.2) is 0 Å². The molecule has 0 radical (unpaired) electrons. The Hall–Kier alpha value is -0.610. The maximum absolute atomic E-state index is 10.6. The SMILES string of the molecule is C=C(C)CCCC(C)(CCCC)CCCCC=CS(=O)(=O)O. The molecule has 1 N–H and O–H groups in total. The summed E-state index contributed by atoms with van der Waals surface area (Å²) < 4.78 is 29.8. The molecule has 130 valence electrons. The molecule has 0 rings (SSSR count). The zero-order valence-electron chi connectivity index (χ0n) is 14.6. The Kier molecular flexibility index (Phi) is 10.7. The van der Waals surface area contributed by atoms with Gasteiger partial charge in [0.15, 0.2) is 0 Å². The molecule has 0 aliphatic carbocycles. The highest BCUT2D eigenvalue weighted by Crippen LogP contribution is 2.36. The predicted octanol–water partition coefficient (Wildman–Crippen LogP) is 5.89. The van der Waals surface area contributed by atoms with Crippen LogP contribution in [0.25, 0.3) is 0 Å². The number of hydrogen-bond donors (Lipinski definition) is 1. The van der Waals surface area contributed by atoms with Crippen molar-refractivity contribution in [1.82, 2.24) is 0 Å². The largest absolute Gasteiger partial charge is 0.287 e. The molecule has 3 nitrogen and oxygen atoms in total. The topological polar surface area (TPSA) is 54.4 Å². The third-order valence-electron chi connectivity index (χ3n) is 4.19. The van der Waals surface area contributed by atoms with E-state index in [2.05, 4.69) is 27.4 Å². The van der Waals surface area contributed by atoms with E-state index in [9.17, 15) is 8.42 Å². The summed E-state index contributed by atoms with van der Waals surface area (Å²) in [5.41, 5.74) is 1.64. The third-order valence-corrected chi connectivity index (χ3v) is 4.72. The Morgan fingerprint density at radius 1 is 1.14 bits per heavy atom. The minimum Gasteiger partial charge on any atom is -0.282 e. The van der Waals surface area contributed by atoms with E-state index in [1.807, 2.05) is 0 Å². The van der Waals surface area contributed by atoms with Crippen LogP contribution in [-0.2, 0) is 10.1 Å². The first kappa shape index (κ1) is 21.4. The van der Waals surface area contributed by atoms with Crippen molar-refractivity contribution < 1.29 is 13.0 Å². The predicted molar refractivity (Wildman–Crippen MR) is 95.5 cm³/mol. The van der Waals surface area contributed by atoms with Gasteiger partial charge in [0, 0.05) is 0 Å². The highest BCUT2D eigenvalue weighted by atomic mass is 32.2. The van der Waals surface area contributed by atoms with Crippen LogP contribution < -0.4 is 0 Å². The summed E-state index contributed by atoms with van der Waals surface area (Å²) in [6.45, 7) is 10.7. The smallest absolute Gasteiger partial charge is 0.282 e. The summed E-state index contributed by atoms with van der Waals surface area (Å²) in [6, 6.07) is 0. The van der Waals surface area contributed by atoms with Crippen LogP contribution in [0.1, 0.15) is 85.0 Å². The van der Waals surface area contributed by atoms with E-state index in [1.165, 1.54) is 44.1 Å². The van der Waals surface area contributed by atoms with E-state index in [0.29, 0.717) is 11.8 Å². The fourth-order valence-electron chi connectivity index (χ4n) is 2.80. The quantitative estimate of drug-likeness (QED) is 0.260. The van der Waals surface area contributed by atoms with Gasteiger partial charge in [-0.05, 0) is 57.3 Å². The van der Waals surface area contributed by atoms with Crippen molar-refractivity contribution in [2.45, 2.75) is 85.0 Å². The Balaban J connectivity index is 4.17. The van der Waals surface area contributed by atoms with Crippen LogP contribution in [0.3, 0.4) is 0 Å². The molecular formula is C18H34O3S. The Labute approximate surface area is 137 Å². The number of rotatable bonds is 13. The van der Waals surface area contributed by atoms with Crippen LogP contribution in [0.15, 0.2) is 23.6 Å². The summed E-state index contributed by atoms with van der Waals surface area (Å²) in [5, 5.41) is 0.885. The standard InChI is InChI=1S/C18H34O3S/c1-5-6-13-18(4,15-11-12-17(2)3)14-9-7-8-10-16-22(19,20)21/h10,16H,2,5-9,11-15H2,1,3-4H3,(H,19,20,21). The van der Waals surface area contributed by atoms with Crippen LogP contribution >= 0.6 is 0 Å². The molecule has 0 aliphatic rings. The molecule has 0 bridgehead atoms. The molecule has 0 saturated heterocycles. The zero-order chi connectivity index (χ0) is 17.1. The normalized spacial score (nSPS) is 15.1. The average molecular weight is 331 g/mol. The van der Waals surface area contributed by atoms with Gasteiger partial charge in [-0.1, -0.05) is 44.8 Å². The van der Waals surface area contributed by atoms with Gasteiger partial charge in [0.2, 0.25) is 0 Å². The molecule has 4 heteroatoms. The first-order valence-electron chi connectivity index (χ1n) is 8.47. The van der Waals surface area contributed by atoms with Crippen LogP contribution in [0.2, 0.25) is 0 Å². The van der Waals surface area contributed by atoms with Gasteiger partial charge in [0.1, 0.15) is 0 Å². The van der Waals surface area contributed by atoms with Crippen molar-refractivity contribution in [3.8, 4) is 0 Å². The molecule has 0 heterocycles. The van der Waals surface area contributed by atoms with Crippen molar-refractivity contribution in [3.63, 3.8) is 0 Å². The molecule has 0 saturated carbocycles. The Morgan fingerprint density at radius 3 is 2.27 bits per heavy atom. The van der Waals surface area contributed by atoms with E-state index in [0.717, 1.165) is 24.7 Å². The average Bonchev–Trinajstić information content (AvgIpc) is 2.39. The molecule has 1 unspecified atom stereocenters. The fraction of sp³-hybridized carbons (Fsp3) is 0.778. The van der Waals surface area contributed by atoms with Gasteiger partial charge in [-0.2, -0.15) is 8.42 Å². The fourth-order valence-corrected chi connectivity index (χ4v) is 3.18. The van der Waals surface area contributed by atoms with Crippen molar-refractivity contribution >= 4 is 10.1 Å². The molecule has 0 aromatic carbocycles. The zero-order valence-corrected chi connectivity index (χ0v) is 15.4. The van der Waals surface area contributed by atoms with Crippen LogP contribution in [0.5, 0.6) is 0 Å². The van der Waals surface area contributed by atoms with Crippen molar-refractivity contribution in [2.24, 2.45) is 5.41 Å². The highest BCUT2D eigenvalue weighted by molar-refractivity contribution is 7.88. The van der Waals surface area contributed by atoms with Crippen LogP contribution in [0.4, 0.5) is 0 Å². The minimum absolute atomic E-state index is 0.387. The molecule has 1 atom stereocenters. The lowest BCUT2D eigenvalue weighted by Gasteiger charge is -2.30. The van der Waals surface area contributed by atoms with Gasteiger partial charge < -0.3 is 0 Å². The van der Waals surface area contributed by atoms with Gasteiger partial charge in [-0.3, -0.25) is 4.55 Å². The highest BCUT2D eigenvalue weighted by Gasteiger charge is 2.22. The molecule has 0 amide bonds. The third kappa shape index (κ3) is 13.1. The van der Waals surface area contributed by atoms with Crippen molar-refractivity contribution in [1.29, 1.82) is 0 Å². The second kappa shape index (κ2) is 11.0. The Morgan fingerprint density at radius 2 is 1.73 bits per heavy atom. The van der Waals surface area contributed by atoms with E-state index in [1.54, 1.807) is 6.08 Å². The molecule has 0 aliphatic heterocycles. The van der Waals surface area contributed by atoms with Crippen molar-refractivity contribution in [3.05, 3.63) is 23.6 Å². The minimum atomic E-state index is -3.96. The summed E-state index contributed by atoms with van der Waals surface area (Å²) in [6.07, 6.45) is 12.8. The van der Waals surface area contributed by atoms with Crippen LogP contribution in [-0.4, -0.2) is 13.0 Å². The van der Waals surface area contributed by atoms with E-state index in [4.69, 9.17) is 4.55 Å². The summed E-state index contributed by atoms with van der Waals surface area (Å²) in [4.78, 5) is 0. The summed E-state index contributed by atoms with van der Waals surface area (Å²) in [7, 11) is -3.96. The lowest BCUT2D eigenvalue weighted by atomic mass is 9.76. The maximum Gasteiger partial charge on any atom is 0.287 e. The van der Waals surface area contributed by atoms with Crippen LogP contribution in [0, 0.1) is 5.41 Å². The summed E-state index contributed by atoms with van der Waals surface area (Å²) >= 11 is 0. The monoisotopic (exact) mass is 330 g/mol. The van der Waals surface area contributed by atoms with Crippen molar-refractivity contribution in [2.75, 3.05) is 0 Å². The molecule has 0 aromatic heterocycles. The molecule has 22 heavy (non-hydrogen) atoms. The van der Waals surface area contributed by atoms with E-state index >= 15 is 0 Å². The maximum atomic E-state index is 10.6. The summed E-state index contributed by atoms with van der Waals surface area (Å²) in [5.74, 6) is 0. The molecule has 0 fully saturated rings. The van der Waals surface area contributed by atoms with E-state index in [-0.39, 0.29) is 0 Å². The molecular weight excluding hydrogens is 296 g/mol. The van der Waals surface area contributed by atoms with Gasteiger partial charge in [0.05, 0.1) is 5.41 Å². The van der Waals surface area contributed by atoms with Gasteiger partial charge in [0.25, 0.3) is 10.1 Å². The molecule has 0 spiro atoms. The first-order valence-corrected chi connectivity index (χ1v) is 9.97. The van der Waals surface area contributed by atoms with Gasteiger partial charge in [-0.15, -0.1) is 6.58 Å². The second-order valence-corrected chi connectivity index (χ2v) is 8.16. The number of hydrogen-bond acceptors (Lipinski definition) is 2. The van der Waals surface area contributed by atoms with Gasteiger partial charge >= 0.3 is 0 Å². The number of unbranched alkanes of at least 4 members (excludes halogenated alkanes) is 3.